The summed E-state index contributed by atoms with van der Waals surface area (Å²) in [6.07, 6.45) is 4.35. The zero-order chi connectivity index (χ0) is 20.0. The molecule has 0 radical (unpaired) electrons. The van der Waals surface area contributed by atoms with E-state index in [2.05, 4.69) is 73.9 Å². The van der Waals surface area contributed by atoms with Gasteiger partial charge in [-0.05, 0) is 57.2 Å². The van der Waals surface area contributed by atoms with Crippen molar-refractivity contribution in [1.82, 2.24) is 19.2 Å². The fourth-order valence-corrected chi connectivity index (χ4v) is 4.60. The van der Waals surface area contributed by atoms with E-state index in [9.17, 15) is 0 Å². The molecule has 0 atom stereocenters. The fraction of sp³-hybridized carbons (Fsp3) is 0.391. The number of aryl methyl sites for hydroxylation is 2. The van der Waals surface area contributed by atoms with Gasteiger partial charge in [0.2, 0.25) is 0 Å². The number of rotatable bonds is 4. The molecule has 0 amide bonds. The first-order valence-electron chi connectivity index (χ1n) is 10.5. The van der Waals surface area contributed by atoms with Gasteiger partial charge in [0.25, 0.3) is 0 Å². The lowest BCUT2D eigenvalue weighted by molar-refractivity contribution is 0.411. The molecule has 1 aromatic carbocycles. The van der Waals surface area contributed by atoms with Gasteiger partial charge in [-0.1, -0.05) is 30.3 Å². The Kier molecular flexibility index (Phi) is 4.51. The molecule has 0 saturated heterocycles. The summed E-state index contributed by atoms with van der Waals surface area (Å²) in [7, 11) is 0. The molecule has 1 aliphatic rings. The van der Waals surface area contributed by atoms with Crippen molar-refractivity contribution in [2.45, 2.75) is 58.2 Å². The van der Waals surface area contributed by atoms with Gasteiger partial charge in [-0.15, -0.1) is 10.2 Å². The topological polar surface area (TPSA) is 73.2 Å². The molecule has 3 aromatic heterocycles. The summed E-state index contributed by atoms with van der Waals surface area (Å²) in [6, 6.07) is 15.9. The van der Waals surface area contributed by atoms with Gasteiger partial charge in [-0.3, -0.25) is 4.40 Å². The molecule has 0 bridgehead atoms. The lowest BCUT2D eigenvalue weighted by atomic mass is 9.92. The van der Waals surface area contributed by atoms with Crippen LogP contribution in [0.3, 0.4) is 0 Å². The Morgan fingerprint density at radius 1 is 1.00 bits per heavy atom. The van der Waals surface area contributed by atoms with Gasteiger partial charge in [-0.2, -0.15) is 0 Å². The molecule has 29 heavy (non-hydrogen) atoms. The summed E-state index contributed by atoms with van der Waals surface area (Å²) in [6.45, 7) is 5.04. The van der Waals surface area contributed by atoms with Crippen LogP contribution in [0.5, 0.6) is 0 Å². The summed E-state index contributed by atoms with van der Waals surface area (Å²) in [5.74, 6) is 0.913. The first kappa shape index (κ1) is 18.2. The zero-order valence-electron chi connectivity index (χ0n) is 17.1. The van der Waals surface area contributed by atoms with Crippen LogP contribution >= 0.6 is 0 Å². The van der Waals surface area contributed by atoms with Crippen LogP contribution in [-0.2, 0) is 6.54 Å². The Labute approximate surface area is 170 Å². The second-order valence-electron chi connectivity index (χ2n) is 8.35. The first-order chi connectivity index (χ1) is 14.1. The SMILES string of the molecule is Cc1cc2c(cc(N[C@H]3CC[C@@H](N)CC3)c3nnc(C)n32)n1Cc1ccccc1. The monoisotopic (exact) mass is 388 g/mol. The van der Waals surface area contributed by atoms with Crippen molar-refractivity contribution in [2.75, 3.05) is 5.32 Å². The van der Waals surface area contributed by atoms with Crippen molar-refractivity contribution in [3.63, 3.8) is 0 Å². The Balaban J connectivity index is 1.61. The molecule has 0 spiro atoms. The minimum absolute atomic E-state index is 0.344. The normalized spacial score (nSPS) is 19.8. The predicted octanol–water partition coefficient (Wildman–Crippen LogP) is 4.03. The third kappa shape index (κ3) is 3.27. The molecule has 5 rings (SSSR count). The van der Waals surface area contributed by atoms with Gasteiger partial charge >= 0.3 is 0 Å². The summed E-state index contributed by atoms with van der Waals surface area (Å²) < 4.78 is 4.56. The molecule has 0 unspecified atom stereocenters. The summed E-state index contributed by atoms with van der Waals surface area (Å²) in [4.78, 5) is 0. The van der Waals surface area contributed by atoms with E-state index in [1.807, 2.05) is 6.92 Å². The molecule has 1 aliphatic carbocycles. The molecule has 1 saturated carbocycles. The first-order valence-corrected chi connectivity index (χ1v) is 10.5. The third-order valence-electron chi connectivity index (χ3n) is 6.23. The number of nitrogens with two attached hydrogens (primary N) is 1. The smallest absolute Gasteiger partial charge is 0.184 e. The highest BCUT2D eigenvalue weighted by atomic mass is 15.3. The minimum atomic E-state index is 0.344. The van der Waals surface area contributed by atoms with Crippen LogP contribution in [0, 0.1) is 13.8 Å². The van der Waals surface area contributed by atoms with E-state index in [0.29, 0.717) is 12.1 Å². The van der Waals surface area contributed by atoms with Crippen LogP contribution in [-0.4, -0.2) is 31.2 Å². The summed E-state index contributed by atoms with van der Waals surface area (Å²) in [5.41, 5.74) is 13.0. The van der Waals surface area contributed by atoms with Crippen LogP contribution in [0.25, 0.3) is 16.7 Å². The van der Waals surface area contributed by atoms with Gasteiger partial charge in [0.1, 0.15) is 5.82 Å². The van der Waals surface area contributed by atoms with E-state index in [-0.39, 0.29) is 0 Å². The average molecular weight is 389 g/mol. The van der Waals surface area contributed by atoms with E-state index in [1.54, 1.807) is 0 Å². The third-order valence-corrected chi connectivity index (χ3v) is 6.23. The van der Waals surface area contributed by atoms with Crippen LogP contribution in [0.4, 0.5) is 5.69 Å². The van der Waals surface area contributed by atoms with Gasteiger partial charge < -0.3 is 15.6 Å². The number of nitrogens with zero attached hydrogens (tertiary/aromatic N) is 4. The molecule has 3 heterocycles. The fourth-order valence-electron chi connectivity index (χ4n) is 4.60. The molecule has 6 heteroatoms. The number of benzene rings is 1. The molecule has 4 aromatic rings. The van der Waals surface area contributed by atoms with Crippen molar-refractivity contribution >= 4 is 22.4 Å². The number of nitrogens with one attached hydrogen (secondary N) is 1. The van der Waals surface area contributed by atoms with Crippen LogP contribution in [0.1, 0.15) is 42.8 Å². The maximum Gasteiger partial charge on any atom is 0.184 e. The van der Waals surface area contributed by atoms with Gasteiger partial charge in [0, 0.05) is 24.3 Å². The summed E-state index contributed by atoms with van der Waals surface area (Å²) >= 11 is 0. The average Bonchev–Trinajstić information content (AvgIpc) is 3.25. The molecule has 3 N–H and O–H groups in total. The van der Waals surface area contributed by atoms with Gasteiger partial charge in [0.05, 0.1) is 16.7 Å². The highest BCUT2D eigenvalue weighted by Gasteiger charge is 2.21. The second-order valence-corrected chi connectivity index (χ2v) is 8.35. The number of hydrogen-bond acceptors (Lipinski definition) is 4. The van der Waals surface area contributed by atoms with Crippen molar-refractivity contribution in [1.29, 1.82) is 0 Å². The predicted molar refractivity (Wildman–Crippen MR) is 117 cm³/mol. The Morgan fingerprint density at radius 3 is 2.52 bits per heavy atom. The van der Waals surface area contributed by atoms with Crippen molar-refractivity contribution in [2.24, 2.45) is 5.73 Å². The van der Waals surface area contributed by atoms with Crippen molar-refractivity contribution < 1.29 is 0 Å². The van der Waals surface area contributed by atoms with Crippen LogP contribution < -0.4 is 11.1 Å². The van der Waals surface area contributed by atoms with Crippen molar-refractivity contribution in [3.05, 3.63) is 59.5 Å². The molecule has 1 fully saturated rings. The maximum absolute atomic E-state index is 6.10. The van der Waals surface area contributed by atoms with Crippen molar-refractivity contribution in [3.8, 4) is 0 Å². The number of anilines is 1. The van der Waals surface area contributed by atoms with E-state index in [0.717, 1.165) is 54.9 Å². The van der Waals surface area contributed by atoms with E-state index in [4.69, 9.17) is 5.73 Å². The molecule has 0 aliphatic heterocycles. The highest BCUT2D eigenvalue weighted by molar-refractivity contribution is 5.88. The van der Waals surface area contributed by atoms with Gasteiger partial charge in [-0.25, -0.2) is 0 Å². The van der Waals surface area contributed by atoms with E-state index >= 15 is 0 Å². The molecule has 150 valence electrons. The zero-order valence-corrected chi connectivity index (χ0v) is 17.1. The van der Waals surface area contributed by atoms with Crippen LogP contribution in [0.15, 0.2) is 42.5 Å². The minimum Gasteiger partial charge on any atom is -0.379 e. The number of pyridine rings is 1. The van der Waals surface area contributed by atoms with Gasteiger partial charge in [0.15, 0.2) is 5.65 Å². The Bertz CT molecular complexity index is 1150. The Hall–Kier alpha value is -2.86. The quantitative estimate of drug-likeness (QED) is 0.554. The number of aromatic nitrogens is 4. The largest absolute Gasteiger partial charge is 0.379 e. The molecular weight excluding hydrogens is 360 g/mol. The van der Waals surface area contributed by atoms with E-state index < -0.39 is 0 Å². The highest BCUT2D eigenvalue weighted by Crippen LogP contribution is 2.30. The number of hydrogen-bond donors (Lipinski definition) is 2. The Morgan fingerprint density at radius 2 is 1.76 bits per heavy atom. The molecule has 6 nitrogen and oxygen atoms in total. The number of fused-ring (bicyclic) bond motifs is 3. The van der Waals surface area contributed by atoms with Crippen LogP contribution in [0.2, 0.25) is 0 Å². The standard InChI is InChI=1S/C23H28N6/c1-15-12-22-21(28(15)14-17-6-4-3-5-7-17)13-20(23-27-26-16(2)29(22)23)25-19-10-8-18(24)9-11-19/h3-7,12-13,18-19,25H,8-11,14,24H2,1-2H3/t18-,19+. The lowest BCUT2D eigenvalue weighted by Crippen LogP contribution is -2.32. The maximum atomic E-state index is 6.10. The molecular formula is C23H28N6. The van der Waals surface area contributed by atoms with E-state index in [1.165, 1.54) is 16.8 Å². The second kappa shape index (κ2) is 7.19. The summed E-state index contributed by atoms with van der Waals surface area (Å²) in [5, 5.41) is 12.6. The lowest BCUT2D eigenvalue weighted by Gasteiger charge is -2.27.